The van der Waals surface area contributed by atoms with Crippen LogP contribution in [0.2, 0.25) is 0 Å². The van der Waals surface area contributed by atoms with Crippen molar-refractivity contribution in [3.63, 3.8) is 0 Å². The van der Waals surface area contributed by atoms with Crippen molar-refractivity contribution >= 4 is 11.8 Å². The zero-order valence-electron chi connectivity index (χ0n) is 9.33. The molecule has 0 aromatic rings. The first kappa shape index (κ1) is 10.8. The van der Waals surface area contributed by atoms with E-state index in [4.69, 9.17) is 0 Å². The molecule has 2 aliphatic heterocycles. The summed E-state index contributed by atoms with van der Waals surface area (Å²) in [5, 5.41) is 3.43. The molecule has 2 fully saturated rings. The van der Waals surface area contributed by atoms with Crippen molar-refractivity contribution in [2.75, 3.05) is 31.6 Å². The van der Waals surface area contributed by atoms with E-state index in [-0.39, 0.29) is 0 Å². The van der Waals surface area contributed by atoms with Gasteiger partial charge >= 0.3 is 0 Å². The van der Waals surface area contributed by atoms with Crippen molar-refractivity contribution in [1.82, 2.24) is 10.2 Å². The quantitative estimate of drug-likeness (QED) is 0.748. The number of hydrogen-bond donors (Lipinski definition) is 1. The van der Waals surface area contributed by atoms with E-state index in [2.05, 4.69) is 35.9 Å². The molecule has 2 saturated heterocycles. The highest BCUT2D eigenvalue weighted by Gasteiger charge is 2.30. The van der Waals surface area contributed by atoms with Crippen LogP contribution in [0.15, 0.2) is 0 Å². The van der Waals surface area contributed by atoms with Gasteiger partial charge in [-0.05, 0) is 38.1 Å². The molecule has 3 unspecified atom stereocenters. The normalized spacial score (nSPS) is 40.3. The fraction of sp³-hybridized carbons (Fsp3) is 1.00. The predicted octanol–water partition coefficient (Wildman–Crippen LogP) is 1.42. The maximum atomic E-state index is 3.43. The second kappa shape index (κ2) is 4.86. The van der Waals surface area contributed by atoms with Gasteiger partial charge in [0.2, 0.25) is 0 Å². The molecule has 0 spiro atoms. The van der Waals surface area contributed by atoms with Gasteiger partial charge in [0.05, 0.1) is 0 Å². The minimum atomic E-state index is 0.750. The lowest BCUT2D eigenvalue weighted by molar-refractivity contribution is 0.117. The van der Waals surface area contributed by atoms with E-state index in [0.717, 1.165) is 18.0 Å². The number of nitrogens with one attached hydrogen (secondary N) is 1. The van der Waals surface area contributed by atoms with Gasteiger partial charge in [-0.1, -0.05) is 6.92 Å². The number of hydrogen-bond acceptors (Lipinski definition) is 3. The summed E-state index contributed by atoms with van der Waals surface area (Å²) < 4.78 is 0. The van der Waals surface area contributed by atoms with Gasteiger partial charge in [0.1, 0.15) is 0 Å². The molecule has 0 radical (unpaired) electrons. The van der Waals surface area contributed by atoms with E-state index in [0.29, 0.717) is 0 Å². The fourth-order valence-corrected chi connectivity index (χ4v) is 4.00. The molecular formula is C11H22N2S. The summed E-state index contributed by atoms with van der Waals surface area (Å²) in [6.07, 6.45) is 2.75. The van der Waals surface area contributed by atoms with Crippen LogP contribution in [0.1, 0.15) is 19.8 Å². The zero-order chi connectivity index (χ0) is 9.97. The van der Waals surface area contributed by atoms with E-state index in [9.17, 15) is 0 Å². The molecule has 0 saturated carbocycles. The second-order valence-electron chi connectivity index (χ2n) is 4.67. The average Bonchev–Trinajstić information content (AvgIpc) is 2.70. The van der Waals surface area contributed by atoms with Gasteiger partial charge in [-0.15, -0.1) is 0 Å². The largest absolute Gasteiger partial charge is 0.317 e. The minimum absolute atomic E-state index is 0.750. The molecule has 3 heteroatoms. The molecule has 2 heterocycles. The highest BCUT2D eigenvalue weighted by molar-refractivity contribution is 7.99. The number of nitrogens with zero attached hydrogens (tertiary/aromatic N) is 1. The van der Waals surface area contributed by atoms with E-state index < -0.39 is 0 Å². The molecule has 14 heavy (non-hydrogen) atoms. The summed E-state index contributed by atoms with van der Waals surface area (Å²) in [5.74, 6) is 3.57. The minimum Gasteiger partial charge on any atom is -0.317 e. The third kappa shape index (κ3) is 2.26. The van der Waals surface area contributed by atoms with Gasteiger partial charge < -0.3 is 5.32 Å². The van der Waals surface area contributed by atoms with Gasteiger partial charge in [-0.3, -0.25) is 4.90 Å². The first-order chi connectivity index (χ1) is 6.81. The summed E-state index contributed by atoms with van der Waals surface area (Å²) in [7, 11) is 2.10. The lowest BCUT2D eigenvalue weighted by Gasteiger charge is -2.39. The Hall–Kier alpha value is 0.270. The van der Waals surface area contributed by atoms with Crippen molar-refractivity contribution < 1.29 is 0 Å². The smallest absolute Gasteiger partial charge is 0.0194 e. The Morgan fingerprint density at radius 1 is 1.36 bits per heavy atom. The number of likely N-dealkylation sites (tertiary alicyclic amines) is 1. The SMILES string of the molecule is CNC1CCN(C2CCSC2)CC1C. The van der Waals surface area contributed by atoms with Crippen molar-refractivity contribution in [1.29, 1.82) is 0 Å². The molecule has 3 atom stereocenters. The van der Waals surface area contributed by atoms with E-state index in [1.54, 1.807) is 0 Å². The molecule has 82 valence electrons. The van der Waals surface area contributed by atoms with Crippen LogP contribution >= 0.6 is 11.8 Å². The molecule has 2 rings (SSSR count). The summed E-state index contributed by atoms with van der Waals surface area (Å²) in [6.45, 7) is 4.99. The Bertz CT molecular complexity index is 180. The van der Waals surface area contributed by atoms with Crippen molar-refractivity contribution in [2.24, 2.45) is 5.92 Å². The standard InChI is InChI=1S/C11H22N2S/c1-9-7-13(5-3-11(9)12-2)10-4-6-14-8-10/h9-12H,3-8H2,1-2H3. The molecule has 0 aromatic heterocycles. The van der Waals surface area contributed by atoms with Crippen LogP contribution in [0, 0.1) is 5.92 Å². The maximum Gasteiger partial charge on any atom is 0.0194 e. The van der Waals surface area contributed by atoms with Crippen LogP contribution in [0.25, 0.3) is 0 Å². The monoisotopic (exact) mass is 214 g/mol. The van der Waals surface area contributed by atoms with Gasteiger partial charge in [0.15, 0.2) is 0 Å². The Morgan fingerprint density at radius 3 is 2.79 bits per heavy atom. The van der Waals surface area contributed by atoms with Crippen molar-refractivity contribution in [3.05, 3.63) is 0 Å². The first-order valence-electron chi connectivity index (χ1n) is 5.80. The summed E-state index contributed by atoms with van der Waals surface area (Å²) >= 11 is 2.13. The molecule has 1 N–H and O–H groups in total. The van der Waals surface area contributed by atoms with Crippen LogP contribution in [0.5, 0.6) is 0 Å². The molecule has 2 aliphatic rings. The van der Waals surface area contributed by atoms with Crippen LogP contribution in [0.4, 0.5) is 0 Å². The highest BCUT2D eigenvalue weighted by atomic mass is 32.2. The number of thioether (sulfide) groups is 1. The highest BCUT2D eigenvalue weighted by Crippen LogP contribution is 2.26. The molecular weight excluding hydrogens is 192 g/mol. The Balaban J connectivity index is 1.85. The third-order valence-electron chi connectivity index (χ3n) is 3.73. The summed E-state index contributed by atoms with van der Waals surface area (Å²) in [6, 6.07) is 1.64. The molecule has 0 bridgehead atoms. The van der Waals surface area contributed by atoms with Gasteiger partial charge in [0, 0.05) is 24.4 Å². The lowest BCUT2D eigenvalue weighted by atomic mass is 9.93. The van der Waals surface area contributed by atoms with Crippen LogP contribution in [-0.2, 0) is 0 Å². The second-order valence-corrected chi connectivity index (χ2v) is 5.82. The lowest BCUT2D eigenvalue weighted by Crippen LogP contribution is -2.50. The van der Waals surface area contributed by atoms with Gasteiger partial charge in [-0.25, -0.2) is 0 Å². The van der Waals surface area contributed by atoms with E-state index in [1.165, 1.54) is 37.4 Å². The number of piperidine rings is 1. The fourth-order valence-electron chi connectivity index (χ4n) is 2.75. The summed E-state index contributed by atoms with van der Waals surface area (Å²) in [5.41, 5.74) is 0. The van der Waals surface area contributed by atoms with Crippen LogP contribution < -0.4 is 5.32 Å². The topological polar surface area (TPSA) is 15.3 Å². The number of rotatable bonds is 2. The summed E-state index contributed by atoms with van der Waals surface area (Å²) in [4.78, 5) is 2.72. The van der Waals surface area contributed by atoms with E-state index in [1.807, 2.05) is 0 Å². The van der Waals surface area contributed by atoms with Gasteiger partial charge in [0.25, 0.3) is 0 Å². The van der Waals surface area contributed by atoms with E-state index >= 15 is 0 Å². The molecule has 0 amide bonds. The molecule has 2 nitrogen and oxygen atoms in total. The van der Waals surface area contributed by atoms with Crippen LogP contribution in [-0.4, -0.2) is 48.6 Å². The Morgan fingerprint density at radius 2 is 2.21 bits per heavy atom. The third-order valence-corrected chi connectivity index (χ3v) is 4.87. The van der Waals surface area contributed by atoms with Gasteiger partial charge in [-0.2, -0.15) is 11.8 Å². The Labute approximate surface area is 91.8 Å². The average molecular weight is 214 g/mol. The molecule has 0 aliphatic carbocycles. The van der Waals surface area contributed by atoms with Crippen LogP contribution in [0.3, 0.4) is 0 Å². The zero-order valence-corrected chi connectivity index (χ0v) is 10.1. The predicted molar refractivity (Wildman–Crippen MR) is 63.9 cm³/mol. The van der Waals surface area contributed by atoms with Crippen molar-refractivity contribution in [3.8, 4) is 0 Å². The Kier molecular flexibility index (Phi) is 3.74. The van der Waals surface area contributed by atoms with Crippen molar-refractivity contribution in [2.45, 2.75) is 31.8 Å². The molecule has 0 aromatic carbocycles. The first-order valence-corrected chi connectivity index (χ1v) is 6.96. The maximum absolute atomic E-state index is 3.43.